The number of halogens is 1. The van der Waals surface area contributed by atoms with Crippen LogP contribution in [0.1, 0.15) is 13.8 Å². The molecule has 5 nitrogen and oxygen atoms in total. The molecule has 0 fully saturated rings. The molecule has 0 heterocycles. The molecule has 0 aliphatic heterocycles. The van der Waals surface area contributed by atoms with Gasteiger partial charge in [0.1, 0.15) is 0 Å². The number of para-hydroxylation sites is 1. The molecule has 2 amide bonds. The fourth-order valence-corrected chi connectivity index (χ4v) is 1.81. The predicted octanol–water partition coefficient (Wildman–Crippen LogP) is 1.50. The first-order valence-electron chi connectivity index (χ1n) is 6.10. The maximum Gasteiger partial charge on any atom is 0.238 e. The first-order valence-corrected chi connectivity index (χ1v) is 6.89. The summed E-state index contributed by atoms with van der Waals surface area (Å²) in [4.78, 5) is 23.2. The van der Waals surface area contributed by atoms with Crippen LogP contribution >= 0.6 is 15.9 Å². The number of benzene rings is 1. The second-order valence-electron chi connectivity index (χ2n) is 4.03. The average molecular weight is 328 g/mol. The van der Waals surface area contributed by atoms with Gasteiger partial charge in [0.15, 0.2) is 0 Å². The Morgan fingerprint density at radius 2 is 2.00 bits per heavy atom. The number of carbonyl (C=O) groups excluding carboxylic acids is 2. The van der Waals surface area contributed by atoms with Crippen LogP contribution in [0, 0.1) is 0 Å². The molecule has 0 aliphatic rings. The van der Waals surface area contributed by atoms with E-state index in [4.69, 9.17) is 0 Å². The summed E-state index contributed by atoms with van der Waals surface area (Å²) in [5.74, 6) is -0.306. The van der Waals surface area contributed by atoms with Gasteiger partial charge in [-0.2, -0.15) is 0 Å². The standard InChI is InChI=1S/C13H18BrN3O2/c1-3-15-13(19)9(2)16-8-12(18)17-11-7-5-4-6-10(11)14/h4-7,9,16H,3,8H2,1-2H3,(H,15,19)(H,17,18). The van der Waals surface area contributed by atoms with Gasteiger partial charge in [-0.1, -0.05) is 12.1 Å². The number of rotatable bonds is 6. The van der Waals surface area contributed by atoms with Gasteiger partial charge in [0.2, 0.25) is 11.8 Å². The highest BCUT2D eigenvalue weighted by Crippen LogP contribution is 2.20. The molecule has 3 N–H and O–H groups in total. The van der Waals surface area contributed by atoms with Crippen LogP contribution in [0.25, 0.3) is 0 Å². The molecule has 0 aliphatic carbocycles. The van der Waals surface area contributed by atoms with Crippen LogP contribution in [0.3, 0.4) is 0 Å². The Labute approximate surface area is 121 Å². The van der Waals surface area contributed by atoms with Gasteiger partial charge >= 0.3 is 0 Å². The van der Waals surface area contributed by atoms with Gasteiger partial charge in [-0.05, 0) is 41.9 Å². The van der Waals surface area contributed by atoms with E-state index in [0.29, 0.717) is 12.2 Å². The Balaban J connectivity index is 2.40. The Morgan fingerprint density at radius 3 is 2.63 bits per heavy atom. The van der Waals surface area contributed by atoms with Crippen molar-refractivity contribution < 1.29 is 9.59 Å². The highest BCUT2D eigenvalue weighted by Gasteiger charge is 2.12. The highest BCUT2D eigenvalue weighted by molar-refractivity contribution is 9.10. The summed E-state index contributed by atoms with van der Waals surface area (Å²) < 4.78 is 0.820. The molecule has 0 aromatic heterocycles. The fourth-order valence-electron chi connectivity index (χ4n) is 1.42. The molecule has 1 unspecified atom stereocenters. The monoisotopic (exact) mass is 327 g/mol. The summed E-state index contributed by atoms with van der Waals surface area (Å²) in [6.07, 6.45) is 0. The molecule has 104 valence electrons. The summed E-state index contributed by atoms with van der Waals surface area (Å²) in [6.45, 7) is 4.23. The summed E-state index contributed by atoms with van der Waals surface area (Å²) in [7, 11) is 0. The lowest BCUT2D eigenvalue weighted by molar-refractivity contribution is -0.122. The largest absolute Gasteiger partial charge is 0.355 e. The van der Waals surface area contributed by atoms with E-state index in [2.05, 4.69) is 31.9 Å². The Bertz CT molecular complexity index is 451. The molecular weight excluding hydrogens is 310 g/mol. The fraction of sp³-hybridized carbons (Fsp3) is 0.385. The van der Waals surface area contributed by atoms with Crippen LogP contribution in [0.15, 0.2) is 28.7 Å². The minimum atomic E-state index is -0.398. The summed E-state index contributed by atoms with van der Waals surface area (Å²) >= 11 is 3.35. The number of carbonyl (C=O) groups is 2. The van der Waals surface area contributed by atoms with Gasteiger partial charge in [-0.3, -0.25) is 14.9 Å². The van der Waals surface area contributed by atoms with Crippen molar-refractivity contribution in [3.05, 3.63) is 28.7 Å². The van der Waals surface area contributed by atoms with E-state index in [1.165, 1.54) is 0 Å². The zero-order chi connectivity index (χ0) is 14.3. The predicted molar refractivity (Wildman–Crippen MR) is 78.9 cm³/mol. The number of amides is 2. The van der Waals surface area contributed by atoms with E-state index in [9.17, 15) is 9.59 Å². The Morgan fingerprint density at radius 1 is 1.32 bits per heavy atom. The van der Waals surface area contributed by atoms with Gasteiger partial charge in [0.05, 0.1) is 18.3 Å². The SMILES string of the molecule is CCNC(=O)C(C)NCC(=O)Nc1ccccc1Br. The van der Waals surface area contributed by atoms with Gasteiger partial charge in [-0.15, -0.1) is 0 Å². The molecule has 0 spiro atoms. The Kier molecular flexibility index (Phi) is 6.52. The molecule has 19 heavy (non-hydrogen) atoms. The molecule has 6 heteroatoms. The molecular formula is C13H18BrN3O2. The van der Waals surface area contributed by atoms with E-state index >= 15 is 0 Å². The number of hydrogen-bond donors (Lipinski definition) is 3. The van der Waals surface area contributed by atoms with Crippen molar-refractivity contribution in [2.24, 2.45) is 0 Å². The lowest BCUT2D eigenvalue weighted by Gasteiger charge is -2.13. The zero-order valence-electron chi connectivity index (χ0n) is 11.0. The van der Waals surface area contributed by atoms with Crippen molar-refractivity contribution in [3.8, 4) is 0 Å². The molecule has 0 bridgehead atoms. The normalized spacial score (nSPS) is 11.7. The van der Waals surface area contributed by atoms with Gasteiger partial charge in [0, 0.05) is 11.0 Å². The summed E-state index contributed by atoms with van der Waals surface area (Å²) in [5, 5.41) is 8.31. The highest BCUT2D eigenvalue weighted by atomic mass is 79.9. The van der Waals surface area contributed by atoms with Crippen LogP contribution in [-0.2, 0) is 9.59 Å². The molecule has 0 saturated carbocycles. The third-order valence-electron chi connectivity index (χ3n) is 2.46. The van der Waals surface area contributed by atoms with Crippen molar-refractivity contribution >= 4 is 33.4 Å². The number of likely N-dealkylation sites (N-methyl/N-ethyl adjacent to an activating group) is 1. The van der Waals surface area contributed by atoms with Crippen molar-refractivity contribution in [2.75, 3.05) is 18.4 Å². The summed E-state index contributed by atoms with van der Waals surface area (Å²) in [6, 6.07) is 6.96. The molecule has 0 saturated heterocycles. The second kappa shape index (κ2) is 7.91. The van der Waals surface area contributed by atoms with E-state index in [1.807, 2.05) is 25.1 Å². The minimum absolute atomic E-state index is 0.0830. The molecule has 1 rings (SSSR count). The maximum atomic E-state index is 11.7. The first kappa shape index (κ1) is 15.7. The van der Waals surface area contributed by atoms with E-state index < -0.39 is 6.04 Å². The molecule has 1 atom stereocenters. The van der Waals surface area contributed by atoms with Crippen LogP contribution < -0.4 is 16.0 Å². The van der Waals surface area contributed by atoms with Crippen LogP contribution in [0.4, 0.5) is 5.69 Å². The molecule has 1 aromatic rings. The van der Waals surface area contributed by atoms with Crippen molar-refractivity contribution in [3.63, 3.8) is 0 Å². The van der Waals surface area contributed by atoms with Crippen LogP contribution in [0.5, 0.6) is 0 Å². The van der Waals surface area contributed by atoms with E-state index in [1.54, 1.807) is 13.0 Å². The van der Waals surface area contributed by atoms with Crippen molar-refractivity contribution in [1.82, 2.24) is 10.6 Å². The minimum Gasteiger partial charge on any atom is -0.355 e. The lowest BCUT2D eigenvalue weighted by Crippen LogP contribution is -2.44. The smallest absolute Gasteiger partial charge is 0.238 e. The maximum absolute atomic E-state index is 11.7. The average Bonchev–Trinajstić information content (AvgIpc) is 2.39. The number of anilines is 1. The third-order valence-corrected chi connectivity index (χ3v) is 3.15. The topological polar surface area (TPSA) is 70.2 Å². The third kappa shape index (κ3) is 5.40. The van der Waals surface area contributed by atoms with Crippen molar-refractivity contribution in [2.45, 2.75) is 19.9 Å². The van der Waals surface area contributed by atoms with Gasteiger partial charge in [0.25, 0.3) is 0 Å². The van der Waals surface area contributed by atoms with Crippen LogP contribution in [-0.4, -0.2) is 30.9 Å². The van der Waals surface area contributed by atoms with Gasteiger partial charge in [-0.25, -0.2) is 0 Å². The van der Waals surface area contributed by atoms with E-state index in [0.717, 1.165) is 4.47 Å². The lowest BCUT2D eigenvalue weighted by atomic mass is 10.3. The molecule has 1 aromatic carbocycles. The Hall–Kier alpha value is -1.40. The molecule has 0 radical (unpaired) electrons. The first-order chi connectivity index (χ1) is 9.04. The zero-order valence-corrected chi connectivity index (χ0v) is 12.6. The quantitative estimate of drug-likeness (QED) is 0.741. The number of nitrogens with one attached hydrogen (secondary N) is 3. The summed E-state index contributed by atoms with van der Waals surface area (Å²) in [5.41, 5.74) is 0.708. The number of hydrogen-bond acceptors (Lipinski definition) is 3. The van der Waals surface area contributed by atoms with E-state index in [-0.39, 0.29) is 18.4 Å². The van der Waals surface area contributed by atoms with Gasteiger partial charge < -0.3 is 10.6 Å². The van der Waals surface area contributed by atoms with Crippen molar-refractivity contribution in [1.29, 1.82) is 0 Å². The second-order valence-corrected chi connectivity index (χ2v) is 4.88. The van der Waals surface area contributed by atoms with Crippen LogP contribution in [0.2, 0.25) is 0 Å².